The first-order valence-corrected chi connectivity index (χ1v) is 23.3. The molecule has 8 nitrogen and oxygen atoms in total. The summed E-state index contributed by atoms with van der Waals surface area (Å²) < 4.78 is 11.2. The Hall–Kier alpha value is -3.07. The van der Waals surface area contributed by atoms with Crippen LogP contribution in [0.5, 0.6) is 23.0 Å². The third kappa shape index (κ3) is 8.66. The molecule has 2 N–H and O–H groups in total. The molecular weight excluding hydrogens is 711 g/mol. The predicted octanol–water partition coefficient (Wildman–Crippen LogP) is 9.01. The number of benzene rings is 2. The van der Waals surface area contributed by atoms with Gasteiger partial charge in [-0.1, -0.05) is 38.5 Å². The van der Waals surface area contributed by atoms with Crippen molar-refractivity contribution in [3.8, 4) is 23.0 Å². The number of ether oxygens (including phenoxy) is 2. The molecule has 0 spiro atoms. The number of ketones is 1. The Kier molecular flexibility index (Phi) is 13.2. The number of Topliss-reactive ketones (excluding diaryl/α,β-unsaturated/α-hetero) is 1. The standard InChI is InChI=1S/C17H23NO2.C16H23NO2.C16H25NO/c1-2-7-18-8-3-4-13-9-14-12(10-15(13)18)5-6-16-17(14)20-11-19-16;1-2-7-17-8-3-4-12-9-13-11(10-14(12)17)5-6-15(18)16(13)19;1-2-8-17-9-4-6-13-10-14-12(11-15(13)17)5-3-7-16(14)18/h5-6,13,15H,2-4,7-11H2,1H3;5-6,12,14,18-19H,2-4,7-10H2,1H3;13,15H,2-11H2,1H3/t13-,15-;12-,14-;13-,15-/m111/s1. The van der Waals surface area contributed by atoms with Gasteiger partial charge in [0.05, 0.1) is 0 Å². The third-order valence-corrected chi connectivity index (χ3v) is 15.1. The van der Waals surface area contributed by atoms with Gasteiger partial charge in [-0.05, 0) is 195 Å². The molecule has 3 fully saturated rings. The van der Waals surface area contributed by atoms with Crippen molar-refractivity contribution in [2.24, 2.45) is 17.8 Å². The van der Waals surface area contributed by atoms with E-state index in [9.17, 15) is 15.0 Å². The van der Waals surface area contributed by atoms with Gasteiger partial charge in [0.25, 0.3) is 0 Å². The number of carbonyl (C=O) groups excluding carboxylic acids is 1. The van der Waals surface area contributed by atoms with E-state index in [0.717, 1.165) is 73.1 Å². The Morgan fingerprint density at radius 2 is 1.16 bits per heavy atom. The second kappa shape index (κ2) is 18.5. The Labute approximate surface area is 343 Å². The third-order valence-electron chi connectivity index (χ3n) is 15.1. The van der Waals surface area contributed by atoms with Gasteiger partial charge in [0.2, 0.25) is 6.79 Å². The van der Waals surface area contributed by atoms with E-state index in [-0.39, 0.29) is 11.5 Å². The van der Waals surface area contributed by atoms with Crippen LogP contribution >= 0.6 is 0 Å². The van der Waals surface area contributed by atoms with Crippen molar-refractivity contribution in [3.05, 3.63) is 57.7 Å². The average Bonchev–Trinajstić information content (AvgIpc) is 3.72. The number of allylic oxidation sites excluding steroid dienone is 1. The van der Waals surface area contributed by atoms with Crippen LogP contribution in [0, 0.1) is 17.8 Å². The minimum absolute atomic E-state index is 0.0263. The summed E-state index contributed by atoms with van der Waals surface area (Å²) in [5.41, 5.74) is 7.90. The molecule has 6 atom stereocenters. The highest BCUT2D eigenvalue weighted by Gasteiger charge is 2.40. The second-order valence-electron chi connectivity index (χ2n) is 18.6. The van der Waals surface area contributed by atoms with E-state index in [4.69, 9.17) is 9.47 Å². The summed E-state index contributed by atoms with van der Waals surface area (Å²) in [5, 5.41) is 19.7. The first kappa shape index (κ1) is 40.7. The summed E-state index contributed by atoms with van der Waals surface area (Å²) >= 11 is 0. The molecule has 0 bridgehead atoms. The zero-order valence-electron chi connectivity index (χ0n) is 35.4. The van der Waals surface area contributed by atoms with Crippen LogP contribution in [0.1, 0.15) is 133 Å². The monoisotopic (exact) mass is 782 g/mol. The minimum atomic E-state index is 0.0263. The highest BCUT2D eigenvalue weighted by atomic mass is 16.7. The van der Waals surface area contributed by atoms with Gasteiger partial charge in [0, 0.05) is 35.7 Å². The summed E-state index contributed by atoms with van der Waals surface area (Å²) in [7, 11) is 0. The molecule has 4 aliphatic heterocycles. The number of likely N-dealkylation sites (tertiary alicyclic amines) is 3. The van der Waals surface area contributed by atoms with Crippen LogP contribution < -0.4 is 9.47 Å². The molecule has 2 aromatic rings. The largest absolute Gasteiger partial charge is 0.504 e. The van der Waals surface area contributed by atoms with Crippen LogP contribution in [0.2, 0.25) is 0 Å². The van der Waals surface area contributed by atoms with Crippen molar-refractivity contribution in [2.45, 2.75) is 154 Å². The van der Waals surface area contributed by atoms with Crippen LogP contribution in [0.15, 0.2) is 35.4 Å². The van der Waals surface area contributed by atoms with Gasteiger partial charge in [0.1, 0.15) is 0 Å². The lowest BCUT2D eigenvalue weighted by Crippen LogP contribution is -2.49. The number of fused-ring (bicyclic) bond motifs is 7. The van der Waals surface area contributed by atoms with Crippen molar-refractivity contribution < 1.29 is 24.5 Å². The van der Waals surface area contributed by atoms with Crippen LogP contribution in [-0.2, 0) is 30.5 Å². The van der Waals surface area contributed by atoms with Gasteiger partial charge in [-0.25, -0.2) is 0 Å². The maximum Gasteiger partial charge on any atom is 0.231 e. The fourth-order valence-corrected chi connectivity index (χ4v) is 12.4. The Morgan fingerprint density at radius 3 is 1.77 bits per heavy atom. The number of rotatable bonds is 6. The van der Waals surface area contributed by atoms with E-state index in [1.54, 1.807) is 6.07 Å². The smallest absolute Gasteiger partial charge is 0.231 e. The SMILES string of the molecule is CCCN1CCC[C@@H]2CC3=C(CCCC3=O)C[C@H]21.CCCN1CCC[C@@H]2Cc3c(ccc(O)c3O)C[C@H]21.CCCN1CCC[C@@H]2Cc3c(ccc4c3OCO4)C[C@H]21. The van der Waals surface area contributed by atoms with Gasteiger partial charge in [-0.15, -0.1) is 0 Å². The maximum absolute atomic E-state index is 12.0. The molecule has 8 heteroatoms. The molecule has 0 aromatic heterocycles. The van der Waals surface area contributed by atoms with Crippen LogP contribution in [0.3, 0.4) is 0 Å². The number of phenolic OH excluding ortho intramolecular Hbond substituents is 2. The number of piperidine rings is 3. The average molecular weight is 782 g/mol. The molecule has 8 aliphatic rings. The molecular formula is C49H71N3O5. The quantitative estimate of drug-likeness (QED) is 0.281. The second-order valence-corrected chi connectivity index (χ2v) is 18.6. The van der Waals surface area contributed by atoms with E-state index in [1.165, 1.54) is 151 Å². The summed E-state index contributed by atoms with van der Waals surface area (Å²) in [5.74, 6) is 4.81. The lowest BCUT2D eigenvalue weighted by Gasteiger charge is -2.46. The van der Waals surface area contributed by atoms with E-state index in [1.807, 2.05) is 6.07 Å². The number of phenols is 2. The summed E-state index contributed by atoms with van der Waals surface area (Å²) in [6.45, 7) is 14.7. The van der Waals surface area contributed by atoms with Crippen molar-refractivity contribution in [3.63, 3.8) is 0 Å². The van der Waals surface area contributed by atoms with Crippen molar-refractivity contribution >= 4 is 5.78 Å². The van der Waals surface area contributed by atoms with Gasteiger partial charge in [-0.3, -0.25) is 19.5 Å². The molecule has 2 aromatic carbocycles. The fourth-order valence-electron chi connectivity index (χ4n) is 12.4. The Bertz CT molecular complexity index is 1750. The van der Waals surface area contributed by atoms with E-state index in [0.29, 0.717) is 24.5 Å². The lowest BCUT2D eigenvalue weighted by molar-refractivity contribution is -0.116. The fraction of sp³-hybridized carbons (Fsp3) is 0.694. The Morgan fingerprint density at radius 1 is 0.614 bits per heavy atom. The number of aromatic hydroxyl groups is 2. The molecule has 4 heterocycles. The Balaban J connectivity index is 0.000000120. The molecule has 4 aliphatic carbocycles. The summed E-state index contributed by atoms with van der Waals surface area (Å²) in [6.07, 6.45) is 21.3. The van der Waals surface area contributed by atoms with Gasteiger partial charge < -0.3 is 19.7 Å². The molecule has 10 rings (SSSR count). The highest BCUT2D eigenvalue weighted by Crippen LogP contribution is 2.46. The highest BCUT2D eigenvalue weighted by molar-refractivity contribution is 5.97. The van der Waals surface area contributed by atoms with E-state index < -0.39 is 0 Å². The van der Waals surface area contributed by atoms with E-state index >= 15 is 0 Å². The molecule has 3 saturated heterocycles. The van der Waals surface area contributed by atoms with Crippen molar-refractivity contribution in [1.29, 1.82) is 0 Å². The minimum Gasteiger partial charge on any atom is -0.504 e. The summed E-state index contributed by atoms with van der Waals surface area (Å²) in [6, 6.07) is 10.1. The maximum atomic E-state index is 12.0. The topological polar surface area (TPSA) is 85.7 Å². The number of nitrogens with zero attached hydrogens (tertiary/aromatic N) is 3. The molecule has 0 unspecified atom stereocenters. The van der Waals surface area contributed by atoms with Gasteiger partial charge >= 0.3 is 0 Å². The van der Waals surface area contributed by atoms with Gasteiger partial charge in [0.15, 0.2) is 28.8 Å². The molecule has 0 radical (unpaired) electrons. The molecule has 0 saturated carbocycles. The van der Waals surface area contributed by atoms with Crippen LogP contribution in [-0.4, -0.2) is 94.9 Å². The van der Waals surface area contributed by atoms with Crippen LogP contribution in [0.4, 0.5) is 0 Å². The van der Waals surface area contributed by atoms with Crippen molar-refractivity contribution in [1.82, 2.24) is 14.7 Å². The van der Waals surface area contributed by atoms with E-state index in [2.05, 4.69) is 47.6 Å². The van der Waals surface area contributed by atoms with Crippen LogP contribution in [0.25, 0.3) is 0 Å². The molecule has 57 heavy (non-hydrogen) atoms. The first-order valence-electron chi connectivity index (χ1n) is 23.3. The number of carbonyl (C=O) groups is 1. The molecule has 0 amide bonds. The normalized spacial score (nSPS) is 29.3. The first-order chi connectivity index (χ1) is 27.9. The van der Waals surface area contributed by atoms with Gasteiger partial charge in [-0.2, -0.15) is 0 Å². The number of hydrogen-bond acceptors (Lipinski definition) is 8. The zero-order chi connectivity index (χ0) is 39.5. The van der Waals surface area contributed by atoms with Crippen molar-refractivity contribution in [2.75, 3.05) is 46.1 Å². The zero-order valence-corrected chi connectivity index (χ0v) is 35.4. The summed E-state index contributed by atoms with van der Waals surface area (Å²) in [4.78, 5) is 20.1. The number of hydrogen-bond donors (Lipinski definition) is 2. The molecule has 312 valence electrons. The lowest BCUT2D eigenvalue weighted by atomic mass is 9.71. The predicted molar refractivity (Wildman–Crippen MR) is 227 cm³/mol.